The van der Waals surface area contributed by atoms with Gasteiger partial charge in [0.15, 0.2) is 7.28 Å². The topological polar surface area (TPSA) is 112 Å². The Hall–Kier alpha value is -2.32. The smallest absolute Gasteiger partial charge is 0.181 e. The van der Waals surface area contributed by atoms with Crippen LogP contribution in [-0.4, -0.2) is 54.4 Å². The number of aromatic nitrogens is 2. The molecule has 1 aromatic heterocycles. The lowest BCUT2D eigenvalue weighted by atomic mass is 9.57. The Bertz CT molecular complexity index is 868. The van der Waals surface area contributed by atoms with Crippen molar-refractivity contribution in [3.63, 3.8) is 0 Å². The molecule has 8 heteroatoms. The zero-order valence-corrected chi connectivity index (χ0v) is 18.4. The van der Waals surface area contributed by atoms with E-state index in [1.54, 1.807) is 6.33 Å². The van der Waals surface area contributed by atoms with Crippen molar-refractivity contribution < 1.29 is 4.74 Å². The summed E-state index contributed by atoms with van der Waals surface area (Å²) in [5.74, 6) is 0.833. The molecular weight excluding hydrogens is 375 g/mol. The molecule has 0 amide bonds. The number of rotatable bonds is 6. The van der Waals surface area contributed by atoms with Gasteiger partial charge < -0.3 is 26.2 Å². The maximum Gasteiger partial charge on any atom is 0.181 e. The van der Waals surface area contributed by atoms with Crippen molar-refractivity contribution in [1.82, 2.24) is 9.97 Å². The van der Waals surface area contributed by atoms with Gasteiger partial charge in [-0.2, -0.15) is 0 Å². The van der Waals surface area contributed by atoms with Crippen LogP contribution < -0.4 is 10.6 Å². The molecule has 0 aliphatic carbocycles. The first-order valence-corrected chi connectivity index (χ1v) is 10.6. The minimum absolute atomic E-state index is 0.134. The van der Waals surface area contributed by atoms with E-state index in [1.165, 1.54) is 11.8 Å². The van der Waals surface area contributed by atoms with Crippen molar-refractivity contribution in [3.05, 3.63) is 40.9 Å². The van der Waals surface area contributed by atoms with Crippen LogP contribution in [0.2, 0.25) is 6.32 Å². The molecule has 0 aromatic carbocycles. The lowest BCUT2D eigenvalue weighted by molar-refractivity contribution is -0.00547. The number of allylic oxidation sites excluding steroid dienone is 3. The monoisotopic (exact) mass is 407 g/mol. The van der Waals surface area contributed by atoms with Gasteiger partial charge in [0.2, 0.25) is 0 Å². The van der Waals surface area contributed by atoms with Crippen LogP contribution in [0.15, 0.2) is 35.2 Å². The number of nitrogens with zero attached hydrogens (tertiary/aromatic N) is 3. The van der Waals surface area contributed by atoms with E-state index in [2.05, 4.69) is 35.6 Å². The standard InChI is InChI=1S/C22H32BN6O/c1-5-16(6-7-24)17-8-18(21(25)23-10-17)22(4,26)19-9-20(28-13-27-19)29-11-14(2)30-15(3)12-29/h7-9,13-15,24-25H,5-6,10-12,26H2,1-4H3/b17-16-,24-7?,25-21?. The molecule has 0 spiro atoms. The summed E-state index contributed by atoms with van der Waals surface area (Å²) < 4.78 is 5.84. The fourth-order valence-electron chi connectivity index (χ4n) is 4.24. The quantitative estimate of drug-likeness (QED) is 0.496. The third kappa shape index (κ3) is 4.70. The Morgan fingerprint density at radius 1 is 1.37 bits per heavy atom. The predicted octanol–water partition coefficient (Wildman–Crippen LogP) is 3.05. The summed E-state index contributed by atoms with van der Waals surface area (Å²) >= 11 is 0. The van der Waals surface area contributed by atoms with E-state index in [4.69, 9.17) is 21.3 Å². The van der Waals surface area contributed by atoms with Crippen LogP contribution >= 0.6 is 0 Å². The molecule has 3 heterocycles. The number of ether oxygens (including phenoxy) is 1. The maximum absolute atomic E-state index is 8.50. The van der Waals surface area contributed by atoms with Gasteiger partial charge in [-0.15, -0.1) is 0 Å². The molecule has 1 saturated heterocycles. The van der Waals surface area contributed by atoms with Gasteiger partial charge in [-0.25, -0.2) is 9.97 Å². The lowest BCUT2D eigenvalue weighted by Gasteiger charge is -2.37. The fraction of sp³-hybridized carbons (Fsp3) is 0.545. The third-order valence-corrected chi connectivity index (χ3v) is 5.85. The molecule has 159 valence electrons. The summed E-state index contributed by atoms with van der Waals surface area (Å²) in [5, 5.41) is 16.0. The molecule has 7 nitrogen and oxygen atoms in total. The van der Waals surface area contributed by atoms with Crippen molar-refractivity contribution >= 4 is 24.9 Å². The van der Waals surface area contributed by atoms with Crippen molar-refractivity contribution in [3.8, 4) is 0 Å². The second-order valence-electron chi connectivity index (χ2n) is 8.40. The average molecular weight is 407 g/mol. The first-order chi connectivity index (χ1) is 14.3. The van der Waals surface area contributed by atoms with Crippen LogP contribution in [-0.2, 0) is 10.3 Å². The number of nitrogens with two attached hydrogens (primary N) is 1. The molecule has 3 atom stereocenters. The van der Waals surface area contributed by atoms with Gasteiger partial charge in [0, 0.05) is 25.6 Å². The second kappa shape index (κ2) is 9.22. The van der Waals surface area contributed by atoms with E-state index in [-0.39, 0.29) is 12.2 Å². The van der Waals surface area contributed by atoms with Gasteiger partial charge >= 0.3 is 0 Å². The molecule has 0 saturated carbocycles. The Kier molecular flexibility index (Phi) is 6.88. The first-order valence-electron chi connectivity index (χ1n) is 10.6. The summed E-state index contributed by atoms with van der Waals surface area (Å²) in [5.41, 5.74) is 10.1. The van der Waals surface area contributed by atoms with Gasteiger partial charge in [0.25, 0.3) is 0 Å². The van der Waals surface area contributed by atoms with Crippen molar-refractivity contribution in [2.75, 3.05) is 18.0 Å². The third-order valence-electron chi connectivity index (χ3n) is 5.85. The zero-order valence-electron chi connectivity index (χ0n) is 18.4. The van der Waals surface area contributed by atoms with E-state index in [1.807, 2.05) is 26.3 Å². The van der Waals surface area contributed by atoms with E-state index in [0.29, 0.717) is 24.0 Å². The molecule has 4 N–H and O–H groups in total. The summed E-state index contributed by atoms with van der Waals surface area (Å²) in [7, 11) is 1.91. The average Bonchev–Trinajstić information content (AvgIpc) is 2.72. The van der Waals surface area contributed by atoms with Crippen LogP contribution in [0, 0.1) is 10.8 Å². The Balaban J connectivity index is 1.97. The lowest BCUT2D eigenvalue weighted by Crippen LogP contribution is -2.46. The van der Waals surface area contributed by atoms with Gasteiger partial charge in [0.1, 0.15) is 12.1 Å². The number of hydrogen-bond acceptors (Lipinski definition) is 7. The number of hydrogen-bond donors (Lipinski definition) is 3. The maximum atomic E-state index is 8.50. The van der Waals surface area contributed by atoms with E-state index < -0.39 is 5.54 Å². The molecule has 3 rings (SSSR count). The highest BCUT2D eigenvalue weighted by Gasteiger charge is 2.34. The van der Waals surface area contributed by atoms with E-state index >= 15 is 0 Å². The minimum atomic E-state index is -0.927. The number of nitrogens with one attached hydrogen (secondary N) is 2. The SMILES string of the molecule is CC/C(CC=N)=C1\C=C(C(C)(N)c2cc(N3CC(C)OC(C)C3)ncn2)C(=N)[B]C1. The summed E-state index contributed by atoms with van der Waals surface area (Å²) in [4.78, 5) is 11.2. The number of anilines is 1. The summed E-state index contributed by atoms with van der Waals surface area (Å²) in [6.45, 7) is 9.67. The number of morpholine rings is 1. The van der Waals surface area contributed by atoms with E-state index in [0.717, 1.165) is 36.5 Å². The predicted molar refractivity (Wildman–Crippen MR) is 123 cm³/mol. The van der Waals surface area contributed by atoms with Gasteiger partial charge in [-0.3, -0.25) is 0 Å². The largest absolute Gasteiger partial charge is 0.372 e. The van der Waals surface area contributed by atoms with Crippen LogP contribution in [0.5, 0.6) is 0 Å². The Labute approximate surface area is 180 Å². The summed E-state index contributed by atoms with van der Waals surface area (Å²) in [6.07, 6.45) is 7.50. The van der Waals surface area contributed by atoms with Gasteiger partial charge in [-0.1, -0.05) is 24.1 Å². The molecule has 2 aliphatic heterocycles. The highest BCUT2D eigenvalue weighted by molar-refractivity contribution is 6.79. The van der Waals surface area contributed by atoms with Gasteiger partial charge in [0.05, 0.1) is 23.4 Å². The Morgan fingerprint density at radius 2 is 2.07 bits per heavy atom. The van der Waals surface area contributed by atoms with Crippen LogP contribution in [0.25, 0.3) is 0 Å². The molecule has 1 fully saturated rings. The van der Waals surface area contributed by atoms with Crippen LogP contribution in [0.1, 0.15) is 46.2 Å². The minimum Gasteiger partial charge on any atom is -0.372 e. The molecular formula is C22H32BN6O. The Morgan fingerprint density at radius 3 is 2.70 bits per heavy atom. The molecule has 30 heavy (non-hydrogen) atoms. The second-order valence-corrected chi connectivity index (χ2v) is 8.40. The fourth-order valence-corrected chi connectivity index (χ4v) is 4.24. The summed E-state index contributed by atoms with van der Waals surface area (Å²) in [6, 6.07) is 1.94. The van der Waals surface area contributed by atoms with Gasteiger partial charge in [-0.05, 0) is 50.9 Å². The molecule has 1 aromatic rings. The molecule has 3 unspecified atom stereocenters. The molecule has 0 bridgehead atoms. The normalized spacial score (nSPS) is 25.8. The first kappa shape index (κ1) is 22.4. The van der Waals surface area contributed by atoms with Crippen LogP contribution in [0.4, 0.5) is 5.82 Å². The van der Waals surface area contributed by atoms with Crippen LogP contribution in [0.3, 0.4) is 0 Å². The zero-order chi connectivity index (χ0) is 21.9. The van der Waals surface area contributed by atoms with Crippen molar-refractivity contribution in [2.24, 2.45) is 5.73 Å². The van der Waals surface area contributed by atoms with E-state index in [9.17, 15) is 0 Å². The van der Waals surface area contributed by atoms with Crippen molar-refractivity contribution in [1.29, 1.82) is 10.8 Å². The highest BCUT2D eigenvalue weighted by Crippen LogP contribution is 2.33. The highest BCUT2D eigenvalue weighted by atomic mass is 16.5. The van der Waals surface area contributed by atoms with Crippen molar-refractivity contribution in [2.45, 2.75) is 64.6 Å². The molecule has 1 radical (unpaired) electrons. The molecule has 2 aliphatic rings.